The lowest BCUT2D eigenvalue weighted by molar-refractivity contribution is 0.146. The quantitative estimate of drug-likeness (QED) is 0.866. The summed E-state index contributed by atoms with van der Waals surface area (Å²) in [6.07, 6.45) is 12.6. The van der Waals surface area contributed by atoms with Gasteiger partial charge in [0.2, 0.25) is 0 Å². The summed E-state index contributed by atoms with van der Waals surface area (Å²) in [5, 5.41) is 7.74. The molecule has 3 unspecified atom stereocenters. The molecule has 3 nitrogen and oxygen atoms in total. The fraction of sp³-hybridized carbons (Fsp3) is 0.800. The van der Waals surface area contributed by atoms with E-state index in [0.717, 1.165) is 11.8 Å². The average molecular weight is 247 g/mol. The molecule has 3 atom stereocenters. The van der Waals surface area contributed by atoms with Crippen LogP contribution in [0.2, 0.25) is 0 Å². The summed E-state index contributed by atoms with van der Waals surface area (Å²) < 4.78 is 1.92. The van der Waals surface area contributed by atoms with Crippen LogP contribution in [0.25, 0.3) is 0 Å². The van der Waals surface area contributed by atoms with Gasteiger partial charge in [-0.3, -0.25) is 4.68 Å². The third-order valence-corrected chi connectivity index (χ3v) is 5.30. The van der Waals surface area contributed by atoms with Crippen molar-refractivity contribution < 1.29 is 0 Å². The zero-order chi connectivity index (χ0) is 12.6. The second-order valence-corrected chi connectivity index (χ2v) is 6.50. The standard InChI is InChI=1S/C15H25N3/c1-16-11-15(8-12-3-4-14(15)7-12)6-5-13-9-17-18(2)10-13/h9-10,12,14,16H,3-8,11H2,1-2H3. The van der Waals surface area contributed by atoms with Crippen LogP contribution in [0, 0.1) is 17.3 Å². The minimum atomic E-state index is 0.577. The summed E-state index contributed by atoms with van der Waals surface area (Å²) in [5.74, 6) is 2.00. The van der Waals surface area contributed by atoms with Crippen LogP contribution >= 0.6 is 0 Å². The van der Waals surface area contributed by atoms with Crippen LogP contribution in [0.4, 0.5) is 0 Å². The Balaban J connectivity index is 1.67. The van der Waals surface area contributed by atoms with E-state index < -0.39 is 0 Å². The Morgan fingerprint density at radius 1 is 1.50 bits per heavy atom. The lowest BCUT2D eigenvalue weighted by Gasteiger charge is -2.38. The molecule has 0 amide bonds. The Morgan fingerprint density at radius 2 is 2.39 bits per heavy atom. The van der Waals surface area contributed by atoms with Crippen molar-refractivity contribution in [2.24, 2.45) is 24.3 Å². The van der Waals surface area contributed by atoms with Crippen molar-refractivity contribution in [3.8, 4) is 0 Å². The molecule has 2 fully saturated rings. The van der Waals surface area contributed by atoms with Crippen LogP contribution in [0.1, 0.15) is 37.7 Å². The van der Waals surface area contributed by atoms with Gasteiger partial charge in [-0.1, -0.05) is 6.42 Å². The molecule has 0 saturated heterocycles. The van der Waals surface area contributed by atoms with Crippen LogP contribution in [-0.2, 0) is 13.5 Å². The molecule has 1 N–H and O–H groups in total. The molecular weight excluding hydrogens is 222 g/mol. The number of aromatic nitrogens is 2. The maximum atomic E-state index is 4.28. The maximum Gasteiger partial charge on any atom is 0.0521 e. The van der Waals surface area contributed by atoms with Gasteiger partial charge in [0.1, 0.15) is 0 Å². The smallest absolute Gasteiger partial charge is 0.0521 e. The van der Waals surface area contributed by atoms with E-state index in [1.165, 1.54) is 50.6 Å². The number of rotatable bonds is 5. The summed E-state index contributed by atoms with van der Waals surface area (Å²) >= 11 is 0. The van der Waals surface area contributed by atoms with Crippen molar-refractivity contribution >= 4 is 0 Å². The Bertz CT molecular complexity index is 412. The van der Waals surface area contributed by atoms with E-state index in [1.54, 1.807) is 0 Å². The number of nitrogens with one attached hydrogen (secondary N) is 1. The van der Waals surface area contributed by atoms with Crippen molar-refractivity contribution in [1.29, 1.82) is 0 Å². The molecule has 1 heterocycles. The van der Waals surface area contributed by atoms with E-state index in [9.17, 15) is 0 Å². The lowest BCUT2D eigenvalue weighted by atomic mass is 9.69. The van der Waals surface area contributed by atoms with Crippen LogP contribution in [0.5, 0.6) is 0 Å². The van der Waals surface area contributed by atoms with Gasteiger partial charge in [-0.25, -0.2) is 0 Å². The van der Waals surface area contributed by atoms with E-state index in [1.807, 2.05) is 17.9 Å². The maximum absolute atomic E-state index is 4.28. The second kappa shape index (κ2) is 4.69. The summed E-state index contributed by atoms with van der Waals surface area (Å²) in [5.41, 5.74) is 1.98. The molecule has 100 valence electrons. The Hall–Kier alpha value is -0.830. The van der Waals surface area contributed by atoms with E-state index in [0.29, 0.717) is 5.41 Å². The van der Waals surface area contributed by atoms with Gasteiger partial charge in [0.15, 0.2) is 0 Å². The van der Waals surface area contributed by atoms with E-state index >= 15 is 0 Å². The van der Waals surface area contributed by atoms with Gasteiger partial charge >= 0.3 is 0 Å². The first kappa shape index (κ1) is 12.2. The normalized spacial score (nSPS) is 34.3. The second-order valence-electron chi connectivity index (χ2n) is 6.50. The molecule has 1 aromatic rings. The summed E-state index contributed by atoms with van der Waals surface area (Å²) in [4.78, 5) is 0. The first-order chi connectivity index (χ1) is 8.72. The molecular formula is C15H25N3. The number of aryl methyl sites for hydroxylation is 2. The highest BCUT2D eigenvalue weighted by Crippen LogP contribution is 2.57. The predicted octanol–water partition coefficient (Wildman–Crippen LogP) is 2.38. The van der Waals surface area contributed by atoms with E-state index in [2.05, 4.69) is 23.7 Å². The SMILES string of the molecule is CNCC1(CCc2cnn(C)c2)CC2CCC1C2. The van der Waals surface area contributed by atoms with Crippen LogP contribution in [0.3, 0.4) is 0 Å². The third kappa shape index (κ3) is 2.09. The van der Waals surface area contributed by atoms with Gasteiger partial charge in [0.25, 0.3) is 0 Å². The molecule has 0 aliphatic heterocycles. The van der Waals surface area contributed by atoms with Crippen molar-refractivity contribution in [3.63, 3.8) is 0 Å². The monoisotopic (exact) mass is 247 g/mol. The highest BCUT2D eigenvalue weighted by molar-refractivity contribution is 5.08. The first-order valence-corrected chi connectivity index (χ1v) is 7.34. The summed E-state index contributed by atoms with van der Waals surface area (Å²) in [6, 6.07) is 0. The number of fused-ring (bicyclic) bond motifs is 2. The molecule has 2 aliphatic rings. The Kier molecular flexibility index (Phi) is 3.18. The molecule has 0 spiro atoms. The largest absolute Gasteiger partial charge is 0.319 e. The highest BCUT2D eigenvalue weighted by atomic mass is 15.2. The number of nitrogens with zero attached hydrogens (tertiary/aromatic N) is 2. The van der Waals surface area contributed by atoms with Gasteiger partial charge in [-0.2, -0.15) is 5.10 Å². The molecule has 0 radical (unpaired) electrons. The van der Waals surface area contributed by atoms with Gasteiger partial charge in [-0.05, 0) is 62.0 Å². The van der Waals surface area contributed by atoms with Crippen LogP contribution in [-0.4, -0.2) is 23.4 Å². The van der Waals surface area contributed by atoms with Crippen LogP contribution < -0.4 is 5.32 Å². The fourth-order valence-electron chi connectivity index (χ4n) is 4.52. The lowest BCUT2D eigenvalue weighted by Crippen LogP contribution is -2.37. The van der Waals surface area contributed by atoms with E-state index in [4.69, 9.17) is 0 Å². The molecule has 2 bridgehead atoms. The zero-order valence-corrected chi connectivity index (χ0v) is 11.7. The zero-order valence-electron chi connectivity index (χ0n) is 11.7. The molecule has 3 rings (SSSR count). The third-order valence-electron chi connectivity index (χ3n) is 5.30. The summed E-state index contributed by atoms with van der Waals surface area (Å²) in [7, 11) is 4.11. The van der Waals surface area contributed by atoms with Crippen molar-refractivity contribution in [2.75, 3.05) is 13.6 Å². The van der Waals surface area contributed by atoms with Crippen molar-refractivity contribution in [1.82, 2.24) is 15.1 Å². The minimum absolute atomic E-state index is 0.577. The number of hydrogen-bond donors (Lipinski definition) is 1. The predicted molar refractivity (Wildman–Crippen MR) is 73.3 cm³/mol. The van der Waals surface area contributed by atoms with Gasteiger partial charge < -0.3 is 5.32 Å². The first-order valence-electron chi connectivity index (χ1n) is 7.34. The number of hydrogen-bond acceptors (Lipinski definition) is 2. The highest BCUT2D eigenvalue weighted by Gasteiger charge is 2.49. The molecule has 2 saturated carbocycles. The van der Waals surface area contributed by atoms with Crippen molar-refractivity contribution in [2.45, 2.75) is 38.5 Å². The van der Waals surface area contributed by atoms with Crippen LogP contribution in [0.15, 0.2) is 12.4 Å². The topological polar surface area (TPSA) is 29.9 Å². The van der Waals surface area contributed by atoms with Gasteiger partial charge in [-0.15, -0.1) is 0 Å². The molecule has 3 heteroatoms. The van der Waals surface area contributed by atoms with E-state index in [-0.39, 0.29) is 0 Å². The minimum Gasteiger partial charge on any atom is -0.319 e. The fourth-order valence-corrected chi connectivity index (χ4v) is 4.52. The molecule has 18 heavy (non-hydrogen) atoms. The molecule has 2 aliphatic carbocycles. The molecule has 0 aromatic carbocycles. The molecule has 1 aromatic heterocycles. The van der Waals surface area contributed by atoms with Gasteiger partial charge in [0.05, 0.1) is 6.20 Å². The summed E-state index contributed by atoms with van der Waals surface area (Å²) in [6.45, 7) is 1.20. The Morgan fingerprint density at radius 3 is 2.94 bits per heavy atom. The Labute approximate surface area is 110 Å². The van der Waals surface area contributed by atoms with Gasteiger partial charge in [0, 0.05) is 19.8 Å². The van der Waals surface area contributed by atoms with Crippen molar-refractivity contribution in [3.05, 3.63) is 18.0 Å². The average Bonchev–Trinajstić information content (AvgIpc) is 3.03.